The number of imidazole rings is 1. The zero-order valence-electron chi connectivity index (χ0n) is 14.8. The summed E-state index contributed by atoms with van der Waals surface area (Å²) >= 11 is 0. The number of hydrogen-bond acceptors (Lipinski definition) is 4. The topological polar surface area (TPSA) is 60.9 Å². The highest BCUT2D eigenvalue weighted by molar-refractivity contribution is 5.88. The summed E-state index contributed by atoms with van der Waals surface area (Å²) in [6.07, 6.45) is 7.79. The minimum atomic E-state index is 0.665. The Morgan fingerprint density at radius 2 is 1.82 bits per heavy atom. The van der Waals surface area contributed by atoms with Gasteiger partial charge in [-0.1, -0.05) is 36.4 Å². The lowest BCUT2D eigenvalue weighted by Gasteiger charge is -2.09. The Bertz CT molecular complexity index is 1290. The van der Waals surface area contributed by atoms with Gasteiger partial charge in [0.2, 0.25) is 0 Å². The van der Waals surface area contributed by atoms with E-state index in [-0.39, 0.29) is 0 Å². The highest BCUT2D eigenvalue weighted by atomic mass is 16.3. The summed E-state index contributed by atoms with van der Waals surface area (Å²) in [6, 6.07) is 19.5. The SMILES string of the molecule is O=Cc1ccccc1-c1cccc(-n2cnc3cc(-c4ccoc4)cnc32)c1. The fourth-order valence-electron chi connectivity index (χ4n) is 3.36. The molecule has 0 aliphatic carbocycles. The van der Waals surface area contributed by atoms with Gasteiger partial charge in [0.15, 0.2) is 11.9 Å². The minimum Gasteiger partial charge on any atom is -0.472 e. The summed E-state index contributed by atoms with van der Waals surface area (Å²) in [4.78, 5) is 20.5. The molecule has 3 heterocycles. The first-order chi connectivity index (χ1) is 13.8. The Morgan fingerprint density at radius 1 is 0.893 bits per heavy atom. The van der Waals surface area contributed by atoms with Crippen LogP contribution >= 0.6 is 0 Å². The molecule has 0 saturated carbocycles. The van der Waals surface area contributed by atoms with Crippen LogP contribution in [0.4, 0.5) is 0 Å². The molecule has 0 fully saturated rings. The molecule has 3 aromatic heterocycles. The van der Waals surface area contributed by atoms with Crippen LogP contribution in [0.15, 0.2) is 90.1 Å². The number of carbonyl (C=O) groups is 1. The van der Waals surface area contributed by atoms with Gasteiger partial charge in [-0.25, -0.2) is 9.97 Å². The van der Waals surface area contributed by atoms with Crippen LogP contribution in [0.3, 0.4) is 0 Å². The van der Waals surface area contributed by atoms with Crippen molar-refractivity contribution in [3.63, 3.8) is 0 Å². The number of pyridine rings is 1. The van der Waals surface area contributed by atoms with E-state index in [4.69, 9.17) is 4.42 Å². The zero-order chi connectivity index (χ0) is 18.9. The van der Waals surface area contributed by atoms with Crippen molar-refractivity contribution in [2.45, 2.75) is 0 Å². The van der Waals surface area contributed by atoms with Crippen LogP contribution in [-0.2, 0) is 0 Å². The maximum atomic E-state index is 11.4. The van der Waals surface area contributed by atoms with Crippen LogP contribution in [0.1, 0.15) is 10.4 Å². The lowest BCUT2D eigenvalue weighted by molar-refractivity contribution is 0.112. The fourth-order valence-corrected chi connectivity index (χ4v) is 3.36. The molecule has 0 radical (unpaired) electrons. The first-order valence-corrected chi connectivity index (χ1v) is 8.84. The smallest absolute Gasteiger partial charge is 0.164 e. The van der Waals surface area contributed by atoms with Crippen molar-refractivity contribution in [1.82, 2.24) is 14.5 Å². The largest absolute Gasteiger partial charge is 0.472 e. The normalized spacial score (nSPS) is 11.0. The van der Waals surface area contributed by atoms with Gasteiger partial charge < -0.3 is 4.42 Å². The Labute approximate surface area is 160 Å². The van der Waals surface area contributed by atoms with Crippen molar-refractivity contribution in [2.24, 2.45) is 0 Å². The number of hydrogen-bond donors (Lipinski definition) is 0. The van der Waals surface area contributed by atoms with E-state index >= 15 is 0 Å². The lowest BCUT2D eigenvalue weighted by atomic mass is 10.00. The summed E-state index contributed by atoms with van der Waals surface area (Å²) in [7, 11) is 0. The van der Waals surface area contributed by atoms with Crippen molar-refractivity contribution in [3.8, 4) is 27.9 Å². The monoisotopic (exact) mass is 365 g/mol. The molecule has 0 bridgehead atoms. The van der Waals surface area contributed by atoms with Crippen LogP contribution in [0.5, 0.6) is 0 Å². The van der Waals surface area contributed by atoms with Gasteiger partial charge in [-0.15, -0.1) is 0 Å². The van der Waals surface area contributed by atoms with Crippen molar-refractivity contribution < 1.29 is 9.21 Å². The second-order valence-corrected chi connectivity index (χ2v) is 6.45. The number of aldehydes is 1. The molecular weight excluding hydrogens is 350 g/mol. The maximum absolute atomic E-state index is 11.4. The Kier molecular flexibility index (Phi) is 3.84. The average Bonchev–Trinajstić information content (AvgIpc) is 3.43. The van der Waals surface area contributed by atoms with Gasteiger partial charge in [0, 0.05) is 28.6 Å². The average molecular weight is 365 g/mol. The van der Waals surface area contributed by atoms with Gasteiger partial charge in [0.25, 0.3) is 0 Å². The Balaban J connectivity index is 1.60. The molecule has 0 N–H and O–H groups in total. The molecule has 0 saturated heterocycles. The second kappa shape index (κ2) is 6.63. The van der Waals surface area contributed by atoms with Crippen LogP contribution in [0, 0.1) is 0 Å². The van der Waals surface area contributed by atoms with E-state index in [2.05, 4.69) is 9.97 Å². The second-order valence-electron chi connectivity index (χ2n) is 6.45. The maximum Gasteiger partial charge on any atom is 0.164 e. The number of rotatable bonds is 4. The molecule has 0 aliphatic rings. The third-order valence-electron chi connectivity index (χ3n) is 4.77. The first-order valence-electron chi connectivity index (χ1n) is 8.84. The van der Waals surface area contributed by atoms with Gasteiger partial charge in [-0.05, 0) is 35.4 Å². The highest BCUT2D eigenvalue weighted by Gasteiger charge is 2.10. The van der Waals surface area contributed by atoms with Gasteiger partial charge in [0.1, 0.15) is 11.8 Å². The number of aromatic nitrogens is 3. The molecular formula is C23H15N3O2. The molecule has 5 nitrogen and oxygen atoms in total. The Hall–Kier alpha value is -3.99. The molecule has 0 amide bonds. The van der Waals surface area contributed by atoms with E-state index in [1.807, 2.05) is 71.4 Å². The van der Waals surface area contributed by atoms with Crippen LogP contribution in [0.25, 0.3) is 39.1 Å². The van der Waals surface area contributed by atoms with Gasteiger partial charge >= 0.3 is 0 Å². The van der Waals surface area contributed by atoms with E-state index < -0.39 is 0 Å². The van der Waals surface area contributed by atoms with E-state index in [0.29, 0.717) is 5.56 Å². The summed E-state index contributed by atoms with van der Waals surface area (Å²) in [6.45, 7) is 0. The quantitative estimate of drug-likeness (QED) is 0.413. The predicted molar refractivity (Wildman–Crippen MR) is 107 cm³/mol. The van der Waals surface area contributed by atoms with Crippen LogP contribution in [0.2, 0.25) is 0 Å². The van der Waals surface area contributed by atoms with Crippen molar-refractivity contribution in [3.05, 3.63) is 91.3 Å². The molecule has 0 atom stereocenters. The lowest BCUT2D eigenvalue weighted by Crippen LogP contribution is -1.95. The van der Waals surface area contributed by atoms with Gasteiger partial charge in [-0.3, -0.25) is 9.36 Å². The summed E-state index contributed by atoms with van der Waals surface area (Å²) in [5.41, 5.74) is 6.97. The number of carbonyl (C=O) groups excluding carboxylic acids is 1. The molecule has 5 heteroatoms. The fraction of sp³-hybridized carbons (Fsp3) is 0. The van der Waals surface area contributed by atoms with Gasteiger partial charge in [-0.2, -0.15) is 0 Å². The number of fused-ring (bicyclic) bond motifs is 1. The molecule has 0 aliphatic heterocycles. The van der Waals surface area contributed by atoms with E-state index in [1.54, 1.807) is 18.9 Å². The van der Waals surface area contributed by atoms with Crippen molar-refractivity contribution in [1.29, 1.82) is 0 Å². The summed E-state index contributed by atoms with van der Waals surface area (Å²) in [5.74, 6) is 0. The molecule has 0 spiro atoms. The first kappa shape index (κ1) is 16.2. The highest BCUT2D eigenvalue weighted by Crippen LogP contribution is 2.27. The number of nitrogens with zero attached hydrogens (tertiary/aromatic N) is 3. The summed E-state index contributed by atoms with van der Waals surface area (Å²) in [5, 5.41) is 0. The third-order valence-corrected chi connectivity index (χ3v) is 4.77. The van der Waals surface area contributed by atoms with E-state index in [9.17, 15) is 4.79 Å². The van der Waals surface area contributed by atoms with E-state index in [1.165, 1.54) is 0 Å². The molecule has 134 valence electrons. The minimum absolute atomic E-state index is 0.665. The number of furan rings is 1. The molecule has 0 unspecified atom stereocenters. The van der Waals surface area contributed by atoms with Gasteiger partial charge in [0.05, 0.1) is 12.5 Å². The van der Waals surface area contributed by atoms with Crippen LogP contribution in [-0.4, -0.2) is 20.8 Å². The van der Waals surface area contributed by atoms with Crippen molar-refractivity contribution in [2.75, 3.05) is 0 Å². The third kappa shape index (κ3) is 2.70. The van der Waals surface area contributed by atoms with E-state index in [0.717, 1.165) is 45.4 Å². The molecule has 5 aromatic rings. The Morgan fingerprint density at radius 3 is 2.68 bits per heavy atom. The predicted octanol–water partition coefficient (Wildman–Crippen LogP) is 5.16. The summed E-state index contributed by atoms with van der Waals surface area (Å²) < 4.78 is 7.10. The zero-order valence-corrected chi connectivity index (χ0v) is 14.8. The molecule has 28 heavy (non-hydrogen) atoms. The number of benzene rings is 2. The molecule has 5 rings (SSSR count). The molecule has 2 aromatic carbocycles. The van der Waals surface area contributed by atoms with Crippen molar-refractivity contribution >= 4 is 17.5 Å². The standard InChI is InChI=1S/C23H15N3O2/c27-13-17-4-1-2-7-21(17)16-5-3-6-20(10-16)26-15-25-22-11-19(12-24-23(22)26)18-8-9-28-14-18/h1-15H. The van der Waals surface area contributed by atoms with Crippen LogP contribution < -0.4 is 0 Å².